The Hall–Kier alpha value is -2.12. The van der Waals surface area contributed by atoms with Crippen LogP contribution in [0.4, 0.5) is 0 Å². The van der Waals surface area contributed by atoms with E-state index in [0.717, 1.165) is 5.56 Å². The van der Waals surface area contributed by atoms with Gasteiger partial charge in [-0.15, -0.1) is 0 Å². The highest BCUT2D eigenvalue weighted by Crippen LogP contribution is 2.30. The molecule has 1 aliphatic rings. The monoisotopic (exact) mass is 408 g/mol. The van der Waals surface area contributed by atoms with E-state index in [1.807, 2.05) is 30.3 Å². The summed E-state index contributed by atoms with van der Waals surface area (Å²) in [6.07, 6.45) is 2.99. The molecule has 1 fully saturated rings. The standard InChI is InChI=1S/C19H21ClN2O4S/c1-13-17(19(20)22(21-13)16-10-11-27(24,25)12-16)8-9-18(23)26-14(2)15-6-4-3-5-7-15/h3-9,14,16H,10-12H2,1-2H3/b9-8+/t14-,16+/m0/s1. The number of sulfone groups is 1. The number of hydrogen-bond acceptors (Lipinski definition) is 5. The summed E-state index contributed by atoms with van der Waals surface area (Å²) < 4.78 is 30.3. The molecule has 2 aromatic rings. The number of hydrogen-bond donors (Lipinski definition) is 0. The molecule has 3 rings (SSSR count). The highest BCUT2D eigenvalue weighted by atomic mass is 35.5. The Morgan fingerprint density at radius 1 is 1.37 bits per heavy atom. The molecule has 0 saturated carbocycles. The summed E-state index contributed by atoms with van der Waals surface area (Å²) in [7, 11) is -3.04. The van der Waals surface area contributed by atoms with E-state index in [1.54, 1.807) is 24.6 Å². The summed E-state index contributed by atoms with van der Waals surface area (Å²) in [5, 5.41) is 4.69. The van der Waals surface area contributed by atoms with Crippen LogP contribution in [-0.4, -0.2) is 35.7 Å². The smallest absolute Gasteiger partial charge is 0.331 e. The number of carbonyl (C=O) groups is 1. The number of esters is 1. The van der Waals surface area contributed by atoms with Crippen LogP contribution >= 0.6 is 11.6 Å². The van der Waals surface area contributed by atoms with Crippen molar-refractivity contribution in [2.45, 2.75) is 32.4 Å². The molecule has 0 bridgehead atoms. The minimum Gasteiger partial charge on any atom is -0.455 e. The topological polar surface area (TPSA) is 78.3 Å². The van der Waals surface area contributed by atoms with Gasteiger partial charge in [-0.1, -0.05) is 41.9 Å². The summed E-state index contributed by atoms with van der Waals surface area (Å²) in [6.45, 7) is 3.57. The second-order valence-electron chi connectivity index (χ2n) is 6.61. The third kappa shape index (κ3) is 4.59. The van der Waals surface area contributed by atoms with Gasteiger partial charge in [0, 0.05) is 11.6 Å². The molecule has 0 amide bonds. The van der Waals surface area contributed by atoms with Gasteiger partial charge in [0.1, 0.15) is 11.3 Å². The molecule has 2 heterocycles. The van der Waals surface area contributed by atoms with E-state index in [9.17, 15) is 13.2 Å². The van der Waals surface area contributed by atoms with E-state index in [2.05, 4.69) is 5.10 Å². The third-order valence-corrected chi connectivity index (χ3v) is 6.70. The average Bonchev–Trinajstić information content (AvgIpc) is 3.12. The van der Waals surface area contributed by atoms with Crippen molar-refractivity contribution in [2.24, 2.45) is 0 Å². The normalized spacial score (nSPS) is 20.0. The van der Waals surface area contributed by atoms with Crippen molar-refractivity contribution in [1.82, 2.24) is 9.78 Å². The van der Waals surface area contributed by atoms with Gasteiger partial charge >= 0.3 is 5.97 Å². The fourth-order valence-electron chi connectivity index (χ4n) is 3.09. The number of carbonyl (C=O) groups excluding carboxylic acids is 1. The maximum Gasteiger partial charge on any atom is 0.331 e. The second kappa shape index (κ2) is 7.86. The highest BCUT2D eigenvalue weighted by Gasteiger charge is 2.31. The molecule has 1 aromatic heterocycles. The van der Waals surface area contributed by atoms with Gasteiger partial charge in [0.2, 0.25) is 0 Å². The van der Waals surface area contributed by atoms with E-state index < -0.39 is 15.8 Å². The zero-order valence-electron chi connectivity index (χ0n) is 15.1. The molecule has 0 spiro atoms. The molecule has 27 heavy (non-hydrogen) atoms. The summed E-state index contributed by atoms with van der Waals surface area (Å²) in [5.41, 5.74) is 2.12. The number of halogens is 1. The Morgan fingerprint density at radius 2 is 2.07 bits per heavy atom. The van der Waals surface area contributed by atoms with E-state index in [-0.39, 0.29) is 23.7 Å². The zero-order valence-corrected chi connectivity index (χ0v) is 16.7. The Balaban J connectivity index is 1.71. The van der Waals surface area contributed by atoms with Crippen LogP contribution in [0.2, 0.25) is 5.15 Å². The Morgan fingerprint density at radius 3 is 2.70 bits per heavy atom. The van der Waals surface area contributed by atoms with Gasteiger partial charge in [0.05, 0.1) is 23.2 Å². The van der Waals surface area contributed by atoms with Crippen molar-refractivity contribution in [3.63, 3.8) is 0 Å². The predicted molar refractivity (Wildman–Crippen MR) is 104 cm³/mol. The molecule has 1 saturated heterocycles. The van der Waals surface area contributed by atoms with Crippen LogP contribution in [0.25, 0.3) is 6.08 Å². The first-order valence-corrected chi connectivity index (χ1v) is 10.9. The van der Waals surface area contributed by atoms with Gasteiger partial charge in [-0.3, -0.25) is 0 Å². The first kappa shape index (κ1) is 19.6. The quantitative estimate of drug-likeness (QED) is 0.558. The number of nitrogens with zero attached hydrogens (tertiary/aromatic N) is 2. The zero-order chi connectivity index (χ0) is 19.6. The van der Waals surface area contributed by atoms with E-state index in [4.69, 9.17) is 16.3 Å². The lowest BCUT2D eigenvalue weighted by molar-refractivity contribution is -0.142. The minimum absolute atomic E-state index is 0.0353. The van der Waals surface area contributed by atoms with Crippen molar-refractivity contribution < 1.29 is 17.9 Å². The number of aromatic nitrogens is 2. The second-order valence-corrected chi connectivity index (χ2v) is 9.20. The fourth-order valence-corrected chi connectivity index (χ4v) is 5.16. The largest absolute Gasteiger partial charge is 0.455 e. The predicted octanol–water partition coefficient (Wildman–Crippen LogP) is 3.52. The first-order valence-electron chi connectivity index (χ1n) is 8.65. The van der Waals surface area contributed by atoms with Crippen LogP contribution in [0.15, 0.2) is 36.4 Å². The lowest BCUT2D eigenvalue weighted by atomic mass is 10.1. The molecule has 0 aliphatic carbocycles. The number of ether oxygens (including phenoxy) is 1. The van der Waals surface area contributed by atoms with Crippen LogP contribution in [0, 0.1) is 6.92 Å². The van der Waals surface area contributed by atoms with Gasteiger partial charge in [-0.05, 0) is 31.9 Å². The van der Waals surface area contributed by atoms with Crippen molar-refractivity contribution in [3.8, 4) is 0 Å². The lowest BCUT2D eigenvalue weighted by Crippen LogP contribution is -2.12. The van der Waals surface area contributed by atoms with Gasteiger partial charge in [0.25, 0.3) is 0 Å². The Bertz CT molecular complexity index is 967. The molecule has 0 radical (unpaired) electrons. The fraction of sp³-hybridized carbons (Fsp3) is 0.368. The molecule has 144 valence electrons. The Labute approximate surface area is 163 Å². The molecule has 1 aliphatic heterocycles. The molecule has 1 aromatic carbocycles. The van der Waals surface area contributed by atoms with Crippen LogP contribution in [-0.2, 0) is 19.4 Å². The highest BCUT2D eigenvalue weighted by molar-refractivity contribution is 7.91. The van der Waals surface area contributed by atoms with E-state index in [0.29, 0.717) is 22.8 Å². The van der Waals surface area contributed by atoms with E-state index >= 15 is 0 Å². The molecule has 0 unspecified atom stereocenters. The van der Waals surface area contributed by atoms with Crippen LogP contribution in [0.5, 0.6) is 0 Å². The van der Waals surface area contributed by atoms with Crippen molar-refractivity contribution in [3.05, 3.63) is 58.4 Å². The van der Waals surface area contributed by atoms with Crippen LogP contribution in [0.1, 0.15) is 42.3 Å². The first-order chi connectivity index (χ1) is 12.8. The average molecular weight is 409 g/mol. The molecule has 6 nitrogen and oxygen atoms in total. The van der Waals surface area contributed by atoms with Gasteiger partial charge in [-0.25, -0.2) is 17.9 Å². The third-order valence-electron chi connectivity index (χ3n) is 4.57. The molecular formula is C19H21ClN2O4S. The van der Waals surface area contributed by atoms with E-state index in [1.165, 1.54) is 6.08 Å². The molecule has 2 atom stereocenters. The maximum absolute atomic E-state index is 12.1. The summed E-state index contributed by atoms with van der Waals surface area (Å²) in [5.74, 6) is -0.312. The number of rotatable bonds is 5. The summed E-state index contributed by atoms with van der Waals surface area (Å²) >= 11 is 6.39. The lowest BCUT2D eigenvalue weighted by Gasteiger charge is -2.11. The van der Waals surface area contributed by atoms with Crippen LogP contribution in [0.3, 0.4) is 0 Å². The number of aryl methyl sites for hydroxylation is 1. The SMILES string of the molecule is Cc1nn([C@@H]2CCS(=O)(=O)C2)c(Cl)c1/C=C/C(=O)O[C@@H](C)c1ccccc1. The summed E-state index contributed by atoms with van der Waals surface area (Å²) in [6, 6.07) is 9.18. The maximum atomic E-state index is 12.1. The van der Waals surface area contributed by atoms with Gasteiger partial charge in [0.15, 0.2) is 9.84 Å². The molecule has 0 N–H and O–H groups in total. The van der Waals surface area contributed by atoms with Crippen LogP contribution < -0.4 is 0 Å². The molecule has 8 heteroatoms. The van der Waals surface area contributed by atoms with Crippen molar-refractivity contribution in [1.29, 1.82) is 0 Å². The molecular weight excluding hydrogens is 388 g/mol. The van der Waals surface area contributed by atoms with Crippen molar-refractivity contribution in [2.75, 3.05) is 11.5 Å². The summed E-state index contributed by atoms with van der Waals surface area (Å²) in [4.78, 5) is 12.1. The van der Waals surface area contributed by atoms with Gasteiger partial charge in [-0.2, -0.15) is 5.10 Å². The minimum atomic E-state index is -3.04. The van der Waals surface area contributed by atoms with Crippen molar-refractivity contribution >= 4 is 33.5 Å². The number of benzene rings is 1. The van der Waals surface area contributed by atoms with Gasteiger partial charge < -0.3 is 4.74 Å². The Kier molecular flexibility index (Phi) is 5.72.